The fourth-order valence-corrected chi connectivity index (χ4v) is 2.20. The van der Waals surface area contributed by atoms with Crippen molar-refractivity contribution in [3.8, 4) is 0 Å². The molecule has 2 rings (SSSR count). The first-order valence-electron chi connectivity index (χ1n) is 4.61. The summed E-state index contributed by atoms with van der Waals surface area (Å²) in [7, 11) is 0. The number of fused-ring (bicyclic) bond motifs is 1. The first-order chi connectivity index (χ1) is 7.86. The van der Waals surface area contributed by atoms with Gasteiger partial charge in [-0.3, -0.25) is 4.79 Å². The van der Waals surface area contributed by atoms with Crippen molar-refractivity contribution in [1.82, 2.24) is 4.98 Å². The van der Waals surface area contributed by atoms with Gasteiger partial charge in [0, 0.05) is 6.92 Å². The molecule has 0 aliphatic heterocycles. The van der Waals surface area contributed by atoms with E-state index in [0.29, 0.717) is 9.83 Å². The normalized spacial score (nSPS) is 11.8. The molecule has 17 heavy (non-hydrogen) atoms. The van der Waals surface area contributed by atoms with E-state index in [4.69, 9.17) is 0 Å². The van der Waals surface area contributed by atoms with Gasteiger partial charge in [0.05, 0.1) is 15.8 Å². The summed E-state index contributed by atoms with van der Waals surface area (Å²) in [6, 6.07) is 3.32. The van der Waals surface area contributed by atoms with Crippen LogP contribution in [0.4, 0.5) is 18.3 Å². The summed E-state index contributed by atoms with van der Waals surface area (Å²) >= 11 is 1.13. The lowest BCUT2D eigenvalue weighted by Crippen LogP contribution is -2.05. The Balaban J connectivity index is 2.44. The number of rotatable bonds is 1. The van der Waals surface area contributed by atoms with E-state index >= 15 is 0 Å². The second-order valence-corrected chi connectivity index (χ2v) is 4.41. The maximum Gasteiger partial charge on any atom is 0.416 e. The number of benzene rings is 1. The van der Waals surface area contributed by atoms with Gasteiger partial charge in [0.15, 0.2) is 5.13 Å². The number of halogens is 3. The van der Waals surface area contributed by atoms with Crippen molar-refractivity contribution in [3.63, 3.8) is 0 Å². The van der Waals surface area contributed by atoms with E-state index in [9.17, 15) is 18.0 Å². The lowest BCUT2D eigenvalue weighted by Gasteiger charge is -2.04. The number of alkyl halides is 3. The first kappa shape index (κ1) is 11.8. The molecular weight excluding hydrogens is 253 g/mol. The molecule has 0 aliphatic rings. The SMILES string of the molecule is CC(=O)Nc1nc2cc(C(F)(F)F)ccc2s1. The molecule has 90 valence electrons. The molecule has 2 aromatic rings. The van der Waals surface area contributed by atoms with Crippen LogP contribution in [0.3, 0.4) is 0 Å². The molecular formula is C10H7F3N2OS. The predicted octanol–water partition coefficient (Wildman–Crippen LogP) is 3.27. The average molecular weight is 260 g/mol. The van der Waals surface area contributed by atoms with Gasteiger partial charge < -0.3 is 5.32 Å². The quantitative estimate of drug-likeness (QED) is 0.855. The Kier molecular flexibility index (Phi) is 2.78. The molecule has 0 bridgehead atoms. The summed E-state index contributed by atoms with van der Waals surface area (Å²) < 4.78 is 37.9. The third kappa shape index (κ3) is 2.55. The summed E-state index contributed by atoms with van der Waals surface area (Å²) in [6.45, 7) is 1.31. The van der Waals surface area contributed by atoms with E-state index in [0.717, 1.165) is 23.5 Å². The van der Waals surface area contributed by atoms with Crippen molar-refractivity contribution < 1.29 is 18.0 Å². The Labute approximate surface area is 98.3 Å². The van der Waals surface area contributed by atoms with Gasteiger partial charge in [-0.25, -0.2) is 4.98 Å². The highest BCUT2D eigenvalue weighted by molar-refractivity contribution is 7.22. The molecule has 1 N–H and O–H groups in total. The third-order valence-electron chi connectivity index (χ3n) is 2.00. The van der Waals surface area contributed by atoms with Gasteiger partial charge in [0.1, 0.15) is 0 Å². The molecule has 1 amide bonds. The van der Waals surface area contributed by atoms with Crippen LogP contribution in [0.15, 0.2) is 18.2 Å². The van der Waals surface area contributed by atoms with Gasteiger partial charge in [-0.2, -0.15) is 13.2 Å². The summed E-state index contributed by atoms with van der Waals surface area (Å²) in [4.78, 5) is 14.7. The maximum absolute atomic E-state index is 12.4. The molecule has 1 aromatic heterocycles. The summed E-state index contributed by atoms with van der Waals surface area (Å²) in [5.41, 5.74) is -0.516. The van der Waals surface area contributed by atoms with Crippen LogP contribution < -0.4 is 5.32 Å². The Hall–Kier alpha value is -1.63. The third-order valence-corrected chi connectivity index (χ3v) is 2.95. The van der Waals surface area contributed by atoms with Gasteiger partial charge in [0.25, 0.3) is 0 Å². The highest BCUT2D eigenvalue weighted by Gasteiger charge is 2.30. The number of hydrogen-bond acceptors (Lipinski definition) is 3. The number of anilines is 1. The van der Waals surface area contributed by atoms with Gasteiger partial charge >= 0.3 is 6.18 Å². The molecule has 0 saturated heterocycles. The molecule has 0 atom stereocenters. The molecule has 1 aromatic carbocycles. The van der Waals surface area contributed by atoms with Crippen LogP contribution in [0.25, 0.3) is 10.2 Å². The predicted molar refractivity (Wildman–Crippen MR) is 58.9 cm³/mol. The second kappa shape index (κ2) is 3.99. The van der Waals surface area contributed by atoms with Crippen molar-refractivity contribution in [2.45, 2.75) is 13.1 Å². The topological polar surface area (TPSA) is 42.0 Å². The number of nitrogens with one attached hydrogen (secondary N) is 1. The van der Waals surface area contributed by atoms with Crippen molar-refractivity contribution >= 4 is 32.6 Å². The van der Waals surface area contributed by atoms with Crippen molar-refractivity contribution in [3.05, 3.63) is 23.8 Å². The minimum atomic E-state index is -4.38. The highest BCUT2D eigenvalue weighted by Crippen LogP contribution is 2.33. The fraction of sp³-hybridized carbons (Fsp3) is 0.200. The number of carbonyl (C=O) groups is 1. The molecule has 0 fully saturated rings. The lowest BCUT2D eigenvalue weighted by molar-refractivity contribution is -0.137. The molecule has 0 saturated carbocycles. The standard InChI is InChI=1S/C10H7F3N2OS/c1-5(16)14-9-15-7-4-6(10(11,12)13)2-3-8(7)17-9/h2-4H,1H3,(H,14,15,16). The summed E-state index contributed by atoms with van der Waals surface area (Å²) in [6.07, 6.45) is -4.38. The summed E-state index contributed by atoms with van der Waals surface area (Å²) in [5.74, 6) is -0.305. The molecule has 7 heteroatoms. The molecule has 1 heterocycles. The monoisotopic (exact) mass is 260 g/mol. The second-order valence-electron chi connectivity index (χ2n) is 3.38. The molecule has 0 radical (unpaired) electrons. The van der Waals surface area contributed by atoms with Crippen molar-refractivity contribution in [1.29, 1.82) is 0 Å². The van der Waals surface area contributed by atoms with Gasteiger partial charge in [-0.15, -0.1) is 0 Å². The number of hydrogen-bond donors (Lipinski definition) is 1. The largest absolute Gasteiger partial charge is 0.416 e. The van der Waals surface area contributed by atoms with Crippen LogP contribution in [0.2, 0.25) is 0 Å². The van der Waals surface area contributed by atoms with Crippen LogP contribution in [0.1, 0.15) is 12.5 Å². The zero-order valence-electron chi connectivity index (χ0n) is 8.63. The average Bonchev–Trinajstić information content (AvgIpc) is 2.55. The van der Waals surface area contributed by atoms with E-state index in [1.807, 2.05) is 0 Å². The number of carbonyl (C=O) groups excluding carboxylic acids is 1. The van der Waals surface area contributed by atoms with Crippen LogP contribution in [-0.2, 0) is 11.0 Å². The lowest BCUT2D eigenvalue weighted by atomic mass is 10.2. The van der Waals surface area contributed by atoms with E-state index in [1.165, 1.54) is 13.0 Å². The number of thiazole rings is 1. The maximum atomic E-state index is 12.4. The van der Waals surface area contributed by atoms with Gasteiger partial charge in [-0.05, 0) is 18.2 Å². The van der Waals surface area contributed by atoms with Crippen LogP contribution >= 0.6 is 11.3 Å². The smallest absolute Gasteiger partial charge is 0.302 e. The van der Waals surface area contributed by atoms with E-state index in [2.05, 4.69) is 10.3 Å². The van der Waals surface area contributed by atoms with Crippen molar-refractivity contribution in [2.75, 3.05) is 5.32 Å². The fourth-order valence-electron chi connectivity index (χ4n) is 1.31. The molecule has 0 spiro atoms. The Morgan fingerprint density at radius 3 is 2.71 bits per heavy atom. The van der Waals surface area contributed by atoms with E-state index in [1.54, 1.807) is 0 Å². The summed E-state index contributed by atoms with van der Waals surface area (Å²) in [5, 5.41) is 2.74. The molecule has 0 unspecified atom stereocenters. The number of aromatic nitrogens is 1. The minimum Gasteiger partial charge on any atom is -0.302 e. The highest BCUT2D eigenvalue weighted by atomic mass is 32.1. The Morgan fingerprint density at radius 2 is 2.12 bits per heavy atom. The van der Waals surface area contributed by atoms with Crippen LogP contribution in [0, 0.1) is 0 Å². The Morgan fingerprint density at radius 1 is 1.41 bits per heavy atom. The minimum absolute atomic E-state index is 0.230. The van der Waals surface area contributed by atoms with E-state index < -0.39 is 11.7 Å². The zero-order chi connectivity index (χ0) is 12.6. The number of nitrogens with zero attached hydrogens (tertiary/aromatic N) is 1. The van der Waals surface area contributed by atoms with Crippen LogP contribution in [0.5, 0.6) is 0 Å². The van der Waals surface area contributed by atoms with E-state index in [-0.39, 0.29) is 11.4 Å². The van der Waals surface area contributed by atoms with Crippen molar-refractivity contribution in [2.24, 2.45) is 0 Å². The first-order valence-corrected chi connectivity index (χ1v) is 5.43. The van der Waals surface area contributed by atoms with Gasteiger partial charge in [-0.1, -0.05) is 11.3 Å². The van der Waals surface area contributed by atoms with Crippen LogP contribution in [-0.4, -0.2) is 10.9 Å². The zero-order valence-corrected chi connectivity index (χ0v) is 9.45. The Bertz CT molecular complexity index is 576. The molecule has 3 nitrogen and oxygen atoms in total. The molecule has 0 aliphatic carbocycles. The van der Waals surface area contributed by atoms with Gasteiger partial charge in [0.2, 0.25) is 5.91 Å². The number of amides is 1.